The topological polar surface area (TPSA) is 52.6 Å². The largest absolute Gasteiger partial charge is 0.389 e. The van der Waals surface area contributed by atoms with Gasteiger partial charge in [-0.1, -0.05) is 26.0 Å². The van der Waals surface area contributed by atoms with Gasteiger partial charge in [0.25, 0.3) is 0 Å². The second kappa shape index (κ2) is 6.48. The highest BCUT2D eigenvalue weighted by molar-refractivity contribution is 5.89. The lowest BCUT2D eigenvalue weighted by atomic mass is 9.86. The first-order chi connectivity index (χ1) is 9.88. The van der Waals surface area contributed by atoms with Crippen LogP contribution in [0.5, 0.6) is 0 Å². The van der Waals surface area contributed by atoms with Crippen molar-refractivity contribution in [3.63, 3.8) is 0 Å². The molecule has 4 nitrogen and oxygen atoms in total. The third-order valence-electron chi connectivity index (χ3n) is 4.50. The quantitative estimate of drug-likeness (QED) is 0.873. The van der Waals surface area contributed by atoms with Gasteiger partial charge in [0, 0.05) is 18.3 Å². The maximum absolute atomic E-state index is 12.5. The molecule has 2 rings (SSSR count). The van der Waals surface area contributed by atoms with Gasteiger partial charge in [-0.3, -0.25) is 0 Å². The summed E-state index contributed by atoms with van der Waals surface area (Å²) < 4.78 is 0. The summed E-state index contributed by atoms with van der Waals surface area (Å²) in [6.07, 6.45) is 0.687. The van der Waals surface area contributed by atoms with Gasteiger partial charge in [0.2, 0.25) is 0 Å². The molecule has 1 saturated heterocycles. The van der Waals surface area contributed by atoms with Crippen LogP contribution in [-0.2, 0) is 0 Å². The number of carbonyl (C=O) groups is 1. The van der Waals surface area contributed by atoms with Crippen LogP contribution in [0.4, 0.5) is 10.5 Å². The molecular formula is C17H26N2O2. The first-order valence-electron chi connectivity index (χ1n) is 7.74. The number of nitrogens with zero attached hydrogens (tertiary/aromatic N) is 1. The summed E-state index contributed by atoms with van der Waals surface area (Å²) >= 11 is 0. The molecule has 0 radical (unpaired) electrons. The number of nitrogens with one attached hydrogen (secondary N) is 1. The Labute approximate surface area is 127 Å². The number of urea groups is 1. The van der Waals surface area contributed by atoms with E-state index < -0.39 is 6.10 Å². The lowest BCUT2D eigenvalue weighted by Crippen LogP contribution is -2.50. The molecule has 0 saturated carbocycles. The number of amides is 2. The average Bonchev–Trinajstić information content (AvgIpc) is 2.43. The Morgan fingerprint density at radius 3 is 2.48 bits per heavy atom. The minimum atomic E-state index is -0.487. The number of likely N-dealkylation sites (tertiary alicyclic amines) is 1. The summed E-state index contributed by atoms with van der Waals surface area (Å²) in [5.74, 6) is 1.07. The number of piperidine rings is 1. The lowest BCUT2D eigenvalue weighted by molar-refractivity contribution is 0.110. The molecule has 1 fully saturated rings. The fraction of sp³-hybridized carbons (Fsp3) is 0.588. The predicted molar refractivity (Wildman–Crippen MR) is 85.2 cm³/mol. The Balaban J connectivity index is 2.03. The van der Waals surface area contributed by atoms with E-state index in [1.54, 1.807) is 6.92 Å². The van der Waals surface area contributed by atoms with Crippen molar-refractivity contribution in [1.29, 1.82) is 0 Å². The fourth-order valence-electron chi connectivity index (χ4n) is 3.02. The van der Waals surface area contributed by atoms with Crippen LogP contribution in [-0.4, -0.2) is 28.6 Å². The highest BCUT2D eigenvalue weighted by atomic mass is 16.3. The van der Waals surface area contributed by atoms with Crippen LogP contribution in [0.3, 0.4) is 0 Å². The molecule has 2 amide bonds. The van der Waals surface area contributed by atoms with Gasteiger partial charge in [-0.25, -0.2) is 4.79 Å². The van der Waals surface area contributed by atoms with Gasteiger partial charge in [0.1, 0.15) is 0 Å². The van der Waals surface area contributed by atoms with Crippen LogP contribution in [0, 0.1) is 11.8 Å². The number of aliphatic hydroxyl groups excluding tert-OH is 1. The van der Waals surface area contributed by atoms with Crippen molar-refractivity contribution in [1.82, 2.24) is 4.90 Å². The van der Waals surface area contributed by atoms with E-state index in [1.165, 1.54) is 6.42 Å². The molecular weight excluding hydrogens is 264 g/mol. The SMILES string of the molecule is CC1CC(C)C(C)N(C(=O)Nc2ccc(C(C)O)cc2)C1. The maximum atomic E-state index is 12.5. The first kappa shape index (κ1) is 15.8. The summed E-state index contributed by atoms with van der Waals surface area (Å²) in [5.41, 5.74) is 1.61. The summed E-state index contributed by atoms with van der Waals surface area (Å²) in [5, 5.41) is 12.5. The minimum absolute atomic E-state index is 0.0364. The van der Waals surface area contributed by atoms with E-state index in [2.05, 4.69) is 26.1 Å². The smallest absolute Gasteiger partial charge is 0.322 e. The van der Waals surface area contributed by atoms with Crippen molar-refractivity contribution in [2.75, 3.05) is 11.9 Å². The average molecular weight is 290 g/mol. The standard InChI is InChI=1S/C17H26N2O2/c1-11-9-12(2)13(3)19(10-11)17(21)18-16-7-5-15(6-8-16)14(4)20/h5-8,11-14,20H,9-10H2,1-4H3,(H,18,21). The van der Waals surface area contributed by atoms with Crippen LogP contribution in [0.15, 0.2) is 24.3 Å². The van der Waals surface area contributed by atoms with Gasteiger partial charge in [0.15, 0.2) is 0 Å². The number of benzene rings is 1. The Kier molecular flexibility index (Phi) is 4.88. The second-order valence-corrected chi connectivity index (χ2v) is 6.44. The Hall–Kier alpha value is -1.55. The molecule has 1 aromatic rings. The van der Waals surface area contributed by atoms with E-state index in [1.807, 2.05) is 29.2 Å². The number of anilines is 1. The molecule has 2 N–H and O–H groups in total. The van der Waals surface area contributed by atoms with Crippen LogP contribution in [0.25, 0.3) is 0 Å². The zero-order valence-corrected chi connectivity index (χ0v) is 13.3. The monoisotopic (exact) mass is 290 g/mol. The fourth-order valence-corrected chi connectivity index (χ4v) is 3.02. The van der Waals surface area contributed by atoms with E-state index in [0.29, 0.717) is 11.8 Å². The van der Waals surface area contributed by atoms with E-state index in [-0.39, 0.29) is 12.1 Å². The van der Waals surface area contributed by atoms with E-state index in [4.69, 9.17) is 0 Å². The molecule has 21 heavy (non-hydrogen) atoms. The van der Waals surface area contributed by atoms with Gasteiger partial charge in [0.05, 0.1) is 6.10 Å². The summed E-state index contributed by atoms with van der Waals surface area (Å²) in [4.78, 5) is 14.4. The molecule has 0 aromatic heterocycles. The normalized spacial score (nSPS) is 27.3. The number of hydrogen-bond acceptors (Lipinski definition) is 2. The molecule has 116 valence electrons. The molecule has 0 bridgehead atoms. The maximum Gasteiger partial charge on any atom is 0.322 e. The van der Waals surface area contributed by atoms with Gasteiger partial charge in [-0.2, -0.15) is 0 Å². The van der Waals surface area contributed by atoms with Crippen molar-refractivity contribution >= 4 is 11.7 Å². The molecule has 4 atom stereocenters. The van der Waals surface area contributed by atoms with Gasteiger partial charge in [-0.05, 0) is 49.8 Å². The Morgan fingerprint density at radius 2 is 1.90 bits per heavy atom. The zero-order chi connectivity index (χ0) is 15.6. The van der Waals surface area contributed by atoms with E-state index in [9.17, 15) is 9.90 Å². The highest BCUT2D eigenvalue weighted by Crippen LogP contribution is 2.27. The number of rotatable bonds is 2. The summed E-state index contributed by atoms with van der Waals surface area (Å²) in [6.45, 7) is 9.06. The van der Waals surface area contributed by atoms with Crippen LogP contribution < -0.4 is 5.32 Å². The lowest BCUT2D eigenvalue weighted by Gasteiger charge is -2.40. The second-order valence-electron chi connectivity index (χ2n) is 6.44. The van der Waals surface area contributed by atoms with Crippen molar-refractivity contribution < 1.29 is 9.90 Å². The van der Waals surface area contributed by atoms with Crippen molar-refractivity contribution in [3.8, 4) is 0 Å². The van der Waals surface area contributed by atoms with Gasteiger partial charge in [-0.15, -0.1) is 0 Å². The van der Waals surface area contributed by atoms with Crippen LogP contribution in [0.1, 0.15) is 45.8 Å². The summed E-state index contributed by atoms with van der Waals surface area (Å²) in [6, 6.07) is 7.57. The van der Waals surface area contributed by atoms with Gasteiger partial charge < -0.3 is 15.3 Å². The zero-order valence-electron chi connectivity index (χ0n) is 13.3. The van der Waals surface area contributed by atoms with E-state index in [0.717, 1.165) is 17.8 Å². The summed E-state index contributed by atoms with van der Waals surface area (Å²) in [7, 11) is 0. The predicted octanol–water partition coefficient (Wildman–Crippen LogP) is 3.64. The molecule has 0 aliphatic carbocycles. The molecule has 1 aliphatic rings. The van der Waals surface area contributed by atoms with Crippen molar-refractivity contribution in [2.24, 2.45) is 11.8 Å². The third-order valence-corrected chi connectivity index (χ3v) is 4.50. The molecule has 0 spiro atoms. The Morgan fingerprint density at radius 1 is 1.29 bits per heavy atom. The van der Waals surface area contributed by atoms with Crippen LogP contribution >= 0.6 is 0 Å². The number of hydrogen-bond donors (Lipinski definition) is 2. The highest BCUT2D eigenvalue weighted by Gasteiger charge is 2.31. The van der Waals surface area contributed by atoms with E-state index >= 15 is 0 Å². The molecule has 4 heteroatoms. The van der Waals surface area contributed by atoms with Crippen LogP contribution in [0.2, 0.25) is 0 Å². The van der Waals surface area contributed by atoms with Gasteiger partial charge >= 0.3 is 6.03 Å². The minimum Gasteiger partial charge on any atom is -0.389 e. The number of aliphatic hydroxyl groups is 1. The first-order valence-corrected chi connectivity index (χ1v) is 7.74. The molecule has 1 aliphatic heterocycles. The van der Waals surface area contributed by atoms with Crippen molar-refractivity contribution in [2.45, 2.75) is 46.3 Å². The molecule has 4 unspecified atom stereocenters. The number of carbonyl (C=O) groups excluding carboxylic acids is 1. The molecule has 1 aromatic carbocycles. The van der Waals surface area contributed by atoms with Crippen molar-refractivity contribution in [3.05, 3.63) is 29.8 Å². The molecule has 1 heterocycles. The Bertz CT molecular complexity index is 484. The third kappa shape index (κ3) is 3.76.